The molecular weight excluding hydrogens is 302 g/mol. The summed E-state index contributed by atoms with van der Waals surface area (Å²) >= 11 is 11.5. The van der Waals surface area contributed by atoms with Crippen LogP contribution in [-0.4, -0.2) is 10.1 Å². The summed E-state index contributed by atoms with van der Waals surface area (Å²) in [7, 11) is 0. The number of nitrogens with zero attached hydrogens (tertiary/aromatic N) is 1. The molecule has 0 aliphatic heterocycles. The van der Waals surface area contributed by atoms with Crippen molar-refractivity contribution in [3.05, 3.63) is 46.1 Å². The molecule has 1 aromatic heterocycles. The van der Waals surface area contributed by atoms with Crippen LogP contribution in [0.5, 0.6) is 5.75 Å². The molecule has 1 aromatic carbocycles. The fraction of sp³-hybridized carbons (Fsp3) is 0.0833. The van der Waals surface area contributed by atoms with Crippen molar-refractivity contribution < 1.29 is 18.3 Å². The second kappa shape index (κ2) is 4.90. The average molecular weight is 308 g/mol. The average Bonchev–Trinajstić information content (AvgIpc) is 2.26. The minimum atomic E-state index is -4.66. The topological polar surface area (TPSA) is 33.1 Å². The zero-order valence-electron chi connectivity index (χ0n) is 9.17. The van der Waals surface area contributed by atoms with E-state index in [1.54, 1.807) is 0 Å². The lowest BCUT2D eigenvalue weighted by Crippen LogP contribution is -2.06. The number of rotatable bonds is 1. The third-order valence-electron chi connectivity index (χ3n) is 2.37. The standard InChI is InChI=1S/C12H6Cl2F3NO/c13-7-3-6(4-8(14)5-7)10-11(19)9(1-2-18-10)12(15,16)17/h1-5,19H. The number of halogens is 5. The van der Waals surface area contributed by atoms with Crippen molar-refractivity contribution >= 4 is 23.2 Å². The molecule has 0 aliphatic rings. The number of alkyl halides is 3. The van der Waals surface area contributed by atoms with Crippen LogP contribution in [-0.2, 0) is 6.18 Å². The molecule has 2 rings (SSSR count). The SMILES string of the molecule is Oc1c(C(F)(F)F)ccnc1-c1cc(Cl)cc(Cl)c1. The van der Waals surface area contributed by atoms with Crippen molar-refractivity contribution in [2.24, 2.45) is 0 Å². The molecule has 19 heavy (non-hydrogen) atoms. The van der Waals surface area contributed by atoms with Crippen LogP contribution < -0.4 is 0 Å². The maximum Gasteiger partial charge on any atom is 0.420 e. The van der Waals surface area contributed by atoms with Crippen LogP contribution in [0.25, 0.3) is 11.3 Å². The van der Waals surface area contributed by atoms with Crippen molar-refractivity contribution in [3.63, 3.8) is 0 Å². The highest BCUT2D eigenvalue weighted by molar-refractivity contribution is 6.35. The lowest BCUT2D eigenvalue weighted by atomic mass is 10.1. The molecular formula is C12H6Cl2F3NO. The smallest absolute Gasteiger partial charge is 0.420 e. The largest absolute Gasteiger partial charge is 0.505 e. The monoisotopic (exact) mass is 307 g/mol. The fourth-order valence-corrected chi connectivity index (χ4v) is 2.11. The zero-order chi connectivity index (χ0) is 14.2. The van der Waals surface area contributed by atoms with Crippen molar-refractivity contribution in [3.8, 4) is 17.0 Å². The summed E-state index contributed by atoms with van der Waals surface area (Å²) in [6.07, 6.45) is -3.70. The predicted octanol–water partition coefficient (Wildman–Crippen LogP) is 4.78. The number of aromatic nitrogens is 1. The van der Waals surface area contributed by atoms with Gasteiger partial charge in [0, 0.05) is 21.8 Å². The molecule has 0 radical (unpaired) electrons. The molecule has 0 saturated carbocycles. The van der Waals surface area contributed by atoms with E-state index >= 15 is 0 Å². The first kappa shape index (κ1) is 14.0. The summed E-state index contributed by atoms with van der Waals surface area (Å²) in [5, 5.41) is 10.2. The van der Waals surface area contributed by atoms with Gasteiger partial charge in [-0.05, 0) is 24.3 Å². The lowest BCUT2D eigenvalue weighted by Gasteiger charge is -2.12. The van der Waals surface area contributed by atoms with Gasteiger partial charge in [0.1, 0.15) is 11.3 Å². The van der Waals surface area contributed by atoms with E-state index in [0.717, 1.165) is 6.20 Å². The van der Waals surface area contributed by atoms with Crippen LogP contribution >= 0.6 is 23.2 Å². The summed E-state index contributed by atoms with van der Waals surface area (Å²) < 4.78 is 38.0. The first-order valence-corrected chi connectivity index (χ1v) is 5.76. The van der Waals surface area contributed by atoms with E-state index in [-0.39, 0.29) is 21.3 Å². The first-order valence-electron chi connectivity index (χ1n) is 5.00. The maximum absolute atomic E-state index is 12.7. The van der Waals surface area contributed by atoms with Gasteiger partial charge in [-0.3, -0.25) is 4.98 Å². The molecule has 1 N–H and O–H groups in total. The van der Waals surface area contributed by atoms with Gasteiger partial charge in [0.25, 0.3) is 0 Å². The number of hydrogen-bond acceptors (Lipinski definition) is 2. The molecule has 0 atom stereocenters. The summed E-state index contributed by atoms with van der Waals surface area (Å²) in [4.78, 5) is 3.74. The molecule has 0 saturated heterocycles. The number of aromatic hydroxyl groups is 1. The molecule has 0 amide bonds. The number of hydrogen-bond donors (Lipinski definition) is 1. The van der Waals surface area contributed by atoms with E-state index < -0.39 is 17.5 Å². The van der Waals surface area contributed by atoms with Crippen LogP contribution in [0.1, 0.15) is 5.56 Å². The van der Waals surface area contributed by atoms with Crippen molar-refractivity contribution in [1.82, 2.24) is 4.98 Å². The van der Waals surface area contributed by atoms with Crippen LogP contribution in [0.3, 0.4) is 0 Å². The van der Waals surface area contributed by atoms with Gasteiger partial charge in [-0.25, -0.2) is 0 Å². The van der Waals surface area contributed by atoms with Gasteiger partial charge in [-0.2, -0.15) is 13.2 Å². The molecule has 1 heterocycles. The Bertz CT molecular complexity index is 609. The molecule has 0 aliphatic carbocycles. The summed E-state index contributed by atoms with van der Waals surface area (Å²) in [5.41, 5.74) is -1.17. The number of benzene rings is 1. The van der Waals surface area contributed by atoms with Gasteiger partial charge >= 0.3 is 6.18 Å². The Labute approximate surface area is 116 Å². The highest BCUT2D eigenvalue weighted by Crippen LogP contribution is 2.40. The van der Waals surface area contributed by atoms with Crippen molar-refractivity contribution in [2.45, 2.75) is 6.18 Å². The summed E-state index contributed by atoms with van der Waals surface area (Å²) in [6, 6.07) is 4.87. The van der Waals surface area contributed by atoms with E-state index in [1.165, 1.54) is 18.2 Å². The van der Waals surface area contributed by atoms with E-state index in [1.807, 2.05) is 0 Å². The molecule has 0 spiro atoms. The third-order valence-corrected chi connectivity index (χ3v) is 2.80. The molecule has 0 fully saturated rings. The quantitative estimate of drug-likeness (QED) is 0.822. The van der Waals surface area contributed by atoms with Crippen LogP contribution in [0.15, 0.2) is 30.5 Å². The number of pyridine rings is 1. The van der Waals surface area contributed by atoms with Crippen LogP contribution in [0, 0.1) is 0 Å². The van der Waals surface area contributed by atoms with Crippen LogP contribution in [0.2, 0.25) is 10.0 Å². The van der Waals surface area contributed by atoms with E-state index in [9.17, 15) is 18.3 Å². The van der Waals surface area contributed by atoms with Gasteiger partial charge < -0.3 is 5.11 Å². The minimum Gasteiger partial charge on any atom is -0.505 e. The molecule has 0 unspecified atom stereocenters. The Morgan fingerprint density at radius 2 is 1.63 bits per heavy atom. The van der Waals surface area contributed by atoms with E-state index in [2.05, 4.69) is 4.98 Å². The Morgan fingerprint density at radius 3 is 2.16 bits per heavy atom. The van der Waals surface area contributed by atoms with Gasteiger partial charge in [0.15, 0.2) is 5.75 Å². The Hall–Kier alpha value is -1.46. The van der Waals surface area contributed by atoms with Gasteiger partial charge in [0.2, 0.25) is 0 Å². The van der Waals surface area contributed by atoms with Crippen LogP contribution in [0.4, 0.5) is 13.2 Å². The first-order chi connectivity index (χ1) is 8.79. The third kappa shape index (κ3) is 2.93. The minimum absolute atomic E-state index is 0.209. The normalized spacial score (nSPS) is 11.6. The fourth-order valence-electron chi connectivity index (χ4n) is 1.58. The Kier molecular flexibility index (Phi) is 3.60. The van der Waals surface area contributed by atoms with Gasteiger partial charge in [-0.15, -0.1) is 0 Å². The Balaban J connectivity index is 2.63. The van der Waals surface area contributed by atoms with Gasteiger partial charge in [-0.1, -0.05) is 23.2 Å². The second-order valence-corrected chi connectivity index (χ2v) is 4.58. The van der Waals surface area contributed by atoms with Crippen molar-refractivity contribution in [1.29, 1.82) is 0 Å². The van der Waals surface area contributed by atoms with E-state index in [0.29, 0.717) is 6.07 Å². The van der Waals surface area contributed by atoms with Crippen molar-refractivity contribution in [2.75, 3.05) is 0 Å². The molecule has 0 bridgehead atoms. The maximum atomic E-state index is 12.7. The highest BCUT2D eigenvalue weighted by atomic mass is 35.5. The summed E-state index contributed by atoms with van der Waals surface area (Å²) in [5.74, 6) is -0.951. The molecule has 7 heteroatoms. The van der Waals surface area contributed by atoms with E-state index in [4.69, 9.17) is 23.2 Å². The predicted molar refractivity (Wildman–Crippen MR) is 66.4 cm³/mol. The zero-order valence-corrected chi connectivity index (χ0v) is 10.7. The second-order valence-electron chi connectivity index (χ2n) is 3.71. The van der Waals surface area contributed by atoms with Gasteiger partial charge in [0.05, 0.1) is 0 Å². The molecule has 100 valence electrons. The lowest BCUT2D eigenvalue weighted by molar-refractivity contribution is -0.138. The Morgan fingerprint density at radius 1 is 1.05 bits per heavy atom. The highest BCUT2D eigenvalue weighted by Gasteiger charge is 2.35. The summed E-state index contributed by atoms with van der Waals surface area (Å²) in [6.45, 7) is 0. The molecule has 2 nitrogen and oxygen atoms in total. The molecule has 2 aromatic rings.